The zero-order valence-electron chi connectivity index (χ0n) is 16.2. The van der Waals surface area contributed by atoms with Crippen LogP contribution in [0.3, 0.4) is 0 Å². The van der Waals surface area contributed by atoms with Gasteiger partial charge in [0.15, 0.2) is 0 Å². The van der Waals surface area contributed by atoms with Gasteiger partial charge in [-0.3, -0.25) is 9.59 Å². The quantitative estimate of drug-likeness (QED) is 0.575. The van der Waals surface area contributed by atoms with Crippen LogP contribution in [0.1, 0.15) is 12.0 Å². The van der Waals surface area contributed by atoms with Crippen molar-refractivity contribution in [3.8, 4) is 0 Å². The molecule has 30 heavy (non-hydrogen) atoms. The molecular weight excluding hydrogens is 468 g/mol. The van der Waals surface area contributed by atoms with Crippen LogP contribution in [-0.2, 0) is 23.2 Å². The number of hydrogen-bond donors (Lipinski definition) is 1. The maximum atomic E-state index is 12.9. The normalized spacial score (nSPS) is 16.1. The highest BCUT2D eigenvalue weighted by Crippen LogP contribution is 2.34. The van der Waals surface area contributed by atoms with Crippen LogP contribution in [0.5, 0.6) is 0 Å². The zero-order valence-corrected chi connectivity index (χ0v) is 18.6. The molecule has 1 N–H and O–H groups in total. The lowest BCUT2D eigenvalue weighted by atomic mass is 10.1. The Labute approximate surface area is 186 Å². The number of aryl methyl sites for hydroxylation is 1. The van der Waals surface area contributed by atoms with E-state index in [9.17, 15) is 9.59 Å². The third-order valence-corrected chi connectivity index (χ3v) is 6.38. The average Bonchev–Trinajstić information content (AvgIpc) is 3.30. The van der Waals surface area contributed by atoms with Crippen LogP contribution in [0.15, 0.2) is 63.1 Å². The smallest absolute Gasteiger partial charge is 0.229 e. The minimum atomic E-state index is -0.394. The lowest BCUT2D eigenvalue weighted by Gasteiger charge is -2.17. The van der Waals surface area contributed by atoms with Crippen molar-refractivity contribution in [2.45, 2.75) is 23.0 Å². The third kappa shape index (κ3) is 4.71. The molecule has 8 nitrogen and oxygen atoms in total. The van der Waals surface area contributed by atoms with Crippen molar-refractivity contribution in [3.63, 3.8) is 0 Å². The van der Waals surface area contributed by atoms with Crippen molar-refractivity contribution in [2.75, 3.05) is 11.9 Å². The molecule has 2 amide bonds. The van der Waals surface area contributed by atoms with Gasteiger partial charge in [-0.25, -0.2) is 4.68 Å². The molecule has 1 atom stereocenters. The van der Waals surface area contributed by atoms with Crippen LogP contribution in [0.4, 0.5) is 5.69 Å². The van der Waals surface area contributed by atoms with Gasteiger partial charge in [0.05, 0.1) is 11.6 Å². The number of benzene rings is 2. The molecule has 3 aromatic rings. The highest BCUT2D eigenvalue weighted by Gasteiger charge is 2.34. The lowest BCUT2D eigenvalue weighted by Crippen LogP contribution is -2.28. The largest absolute Gasteiger partial charge is 0.338 e. The van der Waals surface area contributed by atoms with Gasteiger partial charge in [0, 0.05) is 35.9 Å². The first-order valence-corrected chi connectivity index (χ1v) is 10.9. The molecule has 1 saturated heterocycles. The summed E-state index contributed by atoms with van der Waals surface area (Å²) in [5.74, 6) is -0.572. The van der Waals surface area contributed by atoms with Crippen molar-refractivity contribution in [3.05, 3.63) is 58.6 Å². The molecule has 4 rings (SSSR count). The van der Waals surface area contributed by atoms with Gasteiger partial charge in [0.25, 0.3) is 0 Å². The molecule has 1 unspecified atom stereocenters. The number of carbonyl (C=O) groups excluding carboxylic acids is 2. The Bertz CT molecular complexity index is 1070. The summed E-state index contributed by atoms with van der Waals surface area (Å²) in [7, 11) is 1.75. The second kappa shape index (κ2) is 8.97. The van der Waals surface area contributed by atoms with Gasteiger partial charge in [-0.1, -0.05) is 46.3 Å². The predicted octanol–water partition coefficient (Wildman–Crippen LogP) is 3.11. The van der Waals surface area contributed by atoms with Crippen molar-refractivity contribution < 1.29 is 9.59 Å². The van der Waals surface area contributed by atoms with E-state index in [1.807, 2.05) is 48.5 Å². The molecule has 1 aliphatic rings. The Morgan fingerprint density at radius 2 is 2.07 bits per heavy atom. The molecule has 0 aliphatic carbocycles. The number of likely N-dealkylation sites (tertiary alicyclic amines) is 1. The Kier molecular flexibility index (Phi) is 6.14. The van der Waals surface area contributed by atoms with Crippen molar-refractivity contribution >= 4 is 45.2 Å². The van der Waals surface area contributed by atoms with Crippen LogP contribution in [-0.4, -0.2) is 43.5 Å². The van der Waals surface area contributed by atoms with E-state index in [4.69, 9.17) is 0 Å². The second-order valence-corrected chi connectivity index (χ2v) is 8.90. The maximum Gasteiger partial charge on any atom is 0.229 e. The molecular formula is C20H19BrN6O2S. The summed E-state index contributed by atoms with van der Waals surface area (Å²) in [4.78, 5) is 27.9. The number of halogens is 1. The summed E-state index contributed by atoms with van der Waals surface area (Å²) in [6, 6.07) is 15.4. The molecule has 1 aliphatic heterocycles. The summed E-state index contributed by atoms with van der Waals surface area (Å²) in [6.45, 7) is 0.920. The van der Waals surface area contributed by atoms with Crippen molar-refractivity contribution in [2.24, 2.45) is 13.0 Å². The average molecular weight is 487 g/mol. The molecule has 0 saturated carbocycles. The van der Waals surface area contributed by atoms with E-state index in [-0.39, 0.29) is 18.2 Å². The molecule has 0 bridgehead atoms. The minimum absolute atomic E-state index is 0.00648. The first kappa shape index (κ1) is 20.5. The summed E-state index contributed by atoms with van der Waals surface area (Å²) in [6.07, 6.45) is 0.211. The standard InChI is InChI=1S/C20H19BrN6O2S/c1-26-20(23-24-25-26)30-17-8-7-15(21)10-16(17)22-19(29)14-9-18(28)27(12-14)11-13-5-3-2-4-6-13/h2-8,10,14H,9,11-12H2,1H3,(H,22,29). The van der Waals surface area contributed by atoms with E-state index in [1.54, 1.807) is 16.6 Å². The SMILES string of the molecule is Cn1nnnc1Sc1ccc(Br)cc1NC(=O)C1CC(=O)N(Cc2ccccc2)C1. The van der Waals surface area contributed by atoms with Crippen molar-refractivity contribution in [1.29, 1.82) is 0 Å². The molecule has 1 aromatic heterocycles. The maximum absolute atomic E-state index is 12.9. The Balaban J connectivity index is 1.45. The molecule has 154 valence electrons. The Morgan fingerprint density at radius 3 is 2.80 bits per heavy atom. The van der Waals surface area contributed by atoms with E-state index >= 15 is 0 Å². The summed E-state index contributed by atoms with van der Waals surface area (Å²) in [5, 5.41) is 15.0. The number of hydrogen-bond acceptors (Lipinski definition) is 6. The molecule has 0 radical (unpaired) electrons. The third-order valence-electron chi connectivity index (χ3n) is 4.78. The first-order chi connectivity index (χ1) is 14.5. The van der Waals surface area contributed by atoms with Crippen LogP contribution in [0.2, 0.25) is 0 Å². The first-order valence-electron chi connectivity index (χ1n) is 9.32. The van der Waals surface area contributed by atoms with Gasteiger partial charge >= 0.3 is 0 Å². The molecule has 0 spiro atoms. The fraction of sp³-hybridized carbons (Fsp3) is 0.250. The summed E-state index contributed by atoms with van der Waals surface area (Å²) >= 11 is 4.81. The highest BCUT2D eigenvalue weighted by atomic mass is 79.9. The fourth-order valence-corrected chi connectivity index (χ4v) is 4.39. The van der Waals surface area contributed by atoms with Gasteiger partial charge in [0.1, 0.15) is 0 Å². The van der Waals surface area contributed by atoms with E-state index in [0.29, 0.717) is 23.9 Å². The number of aromatic nitrogens is 4. The number of carbonyl (C=O) groups is 2. The number of anilines is 1. The number of rotatable bonds is 6. The molecule has 1 fully saturated rings. The van der Waals surface area contributed by atoms with Crippen molar-refractivity contribution in [1.82, 2.24) is 25.1 Å². The summed E-state index contributed by atoms with van der Waals surface area (Å²) < 4.78 is 2.40. The number of nitrogens with one attached hydrogen (secondary N) is 1. The minimum Gasteiger partial charge on any atom is -0.338 e. The lowest BCUT2D eigenvalue weighted by molar-refractivity contribution is -0.128. The summed E-state index contributed by atoms with van der Waals surface area (Å²) in [5.41, 5.74) is 1.70. The molecule has 10 heteroatoms. The Hall–Kier alpha value is -2.72. The molecule has 2 heterocycles. The van der Waals surface area contributed by atoms with Gasteiger partial charge < -0.3 is 10.2 Å². The number of nitrogens with zero attached hydrogens (tertiary/aromatic N) is 5. The van der Waals surface area contributed by atoms with E-state index < -0.39 is 5.92 Å². The predicted molar refractivity (Wildman–Crippen MR) is 116 cm³/mol. The van der Waals surface area contributed by atoms with Gasteiger partial charge in [-0.05, 0) is 46.0 Å². The van der Waals surface area contributed by atoms with Crippen LogP contribution < -0.4 is 5.32 Å². The van der Waals surface area contributed by atoms with E-state index in [0.717, 1.165) is 14.9 Å². The van der Waals surface area contributed by atoms with Crippen LogP contribution in [0.25, 0.3) is 0 Å². The van der Waals surface area contributed by atoms with Crippen LogP contribution >= 0.6 is 27.7 Å². The number of tetrazole rings is 1. The fourth-order valence-electron chi connectivity index (χ4n) is 3.23. The monoisotopic (exact) mass is 486 g/mol. The van der Waals surface area contributed by atoms with Gasteiger partial charge in [-0.2, -0.15) is 0 Å². The topological polar surface area (TPSA) is 93.0 Å². The second-order valence-electron chi connectivity index (χ2n) is 6.98. The highest BCUT2D eigenvalue weighted by molar-refractivity contribution is 9.10. The zero-order chi connectivity index (χ0) is 21.1. The van der Waals surface area contributed by atoms with E-state index in [2.05, 4.69) is 36.8 Å². The van der Waals surface area contributed by atoms with Gasteiger partial charge in [0.2, 0.25) is 17.0 Å². The number of amides is 2. The Morgan fingerprint density at radius 1 is 1.27 bits per heavy atom. The molecule has 2 aromatic carbocycles. The van der Waals surface area contributed by atoms with Crippen LogP contribution in [0, 0.1) is 5.92 Å². The van der Waals surface area contributed by atoms with E-state index in [1.165, 1.54) is 11.8 Å². The van der Waals surface area contributed by atoms with Gasteiger partial charge in [-0.15, -0.1) is 5.10 Å².